The molecule has 2 aromatic heterocycles. The minimum Gasteiger partial charge on any atom is -0.475 e. The SMILES string of the molecule is COCC1CN(Cc2nccs2)Cc2nnn(C)c21.O=C(O)C(F)(F)F. The van der Waals surface area contributed by atoms with E-state index in [9.17, 15) is 13.2 Å². The average molecular weight is 393 g/mol. The number of aliphatic carboxylic acids is 1. The summed E-state index contributed by atoms with van der Waals surface area (Å²) in [5.41, 5.74) is 2.27. The summed E-state index contributed by atoms with van der Waals surface area (Å²) in [4.78, 5) is 15.6. The Bertz CT molecular complexity index is 720. The van der Waals surface area contributed by atoms with Crippen molar-refractivity contribution in [2.24, 2.45) is 7.05 Å². The molecule has 0 amide bonds. The molecule has 0 spiro atoms. The molecule has 0 saturated heterocycles. The first-order chi connectivity index (χ1) is 12.2. The lowest BCUT2D eigenvalue weighted by Crippen LogP contribution is -2.35. The van der Waals surface area contributed by atoms with Crippen LogP contribution in [0.25, 0.3) is 0 Å². The lowest BCUT2D eigenvalue weighted by Gasteiger charge is -2.31. The second-order valence-corrected chi connectivity index (χ2v) is 6.57. The van der Waals surface area contributed by atoms with E-state index in [1.54, 1.807) is 18.4 Å². The van der Waals surface area contributed by atoms with Crippen LogP contribution in [-0.2, 0) is 29.7 Å². The van der Waals surface area contributed by atoms with Crippen molar-refractivity contribution in [2.45, 2.75) is 25.2 Å². The molecule has 0 saturated carbocycles. The van der Waals surface area contributed by atoms with Crippen molar-refractivity contribution in [3.8, 4) is 0 Å². The van der Waals surface area contributed by atoms with Gasteiger partial charge in [-0.3, -0.25) is 9.58 Å². The normalized spacial score (nSPS) is 17.3. The van der Waals surface area contributed by atoms with E-state index in [0.29, 0.717) is 12.5 Å². The van der Waals surface area contributed by atoms with Gasteiger partial charge in [-0.05, 0) is 0 Å². The first-order valence-electron chi connectivity index (χ1n) is 7.50. The number of halogens is 3. The Morgan fingerprint density at radius 1 is 1.50 bits per heavy atom. The third kappa shape index (κ3) is 5.22. The van der Waals surface area contributed by atoms with Gasteiger partial charge in [-0.15, -0.1) is 16.4 Å². The Hall–Kier alpha value is -2.05. The number of hydrogen-bond donors (Lipinski definition) is 1. The van der Waals surface area contributed by atoms with Gasteiger partial charge in [0.1, 0.15) is 10.7 Å². The van der Waals surface area contributed by atoms with Crippen molar-refractivity contribution in [1.29, 1.82) is 0 Å². The highest BCUT2D eigenvalue weighted by molar-refractivity contribution is 7.09. The minimum atomic E-state index is -5.08. The van der Waals surface area contributed by atoms with Crippen molar-refractivity contribution in [3.63, 3.8) is 0 Å². The zero-order valence-electron chi connectivity index (χ0n) is 14.1. The number of nitrogens with zero attached hydrogens (tertiary/aromatic N) is 5. The van der Waals surface area contributed by atoms with Gasteiger partial charge in [0.2, 0.25) is 0 Å². The number of methoxy groups -OCH3 is 1. The second kappa shape index (κ2) is 8.56. The van der Waals surface area contributed by atoms with Gasteiger partial charge in [-0.1, -0.05) is 5.21 Å². The third-order valence-corrected chi connectivity index (χ3v) is 4.40. The van der Waals surface area contributed by atoms with E-state index < -0.39 is 12.1 Å². The van der Waals surface area contributed by atoms with Gasteiger partial charge in [0.15, 0.2) is 0 Å². The summed E-state index contributed by atoms with van der Waals surface area (Å²) in [6.45, 7) is 3.36. The van der Waals surface area contributed by atoms with Crippen molar-refractivity contribution in [3.05, 3.63) is 28.0 Å². The second-order valence-electron chi connectivity index (χ2n) is 5.60. The summed E-state index contributed by atoms with van der Waals surface area (Å²) >= 11 is 1.69. The van der Waals surface area contributed by atoms with Crippen molar-refractivity contribution < 1.29 is 27.8 Å². The number of aryl methyl sites for hydroxylation is 1. The lowest BCUT2D eigenvalue weighted by molar-refractivity contribution is -0.192. The summed E-state index contributed by atoms with van der Waals surface area (Å²) in [7, 11) is 3.69. The maximum Gasteiger partial charge on any atom is 0.490 e. The molecule has 0 aromatic carbocycles. The molecule has 2 aromatic rings. The van der Waals surface area contributed by atoms with Crippen LogP contribution in [0.4, 0.5) is 13.2 Å². The highest BCUT2D eigenvalue weighted by Gasteiger charge is 2.38. The number of alkyl halides is 3. The van der Waals surface area contributed by atoms with Gasteiger partial charge in [0, 0.05) is 44.7 Å². The highest BCUT2D eigenvalue weighted by Crippen LogP contribution is 2.27. The molecule has 0 radical (unpaired) electrons. The number of fused-ring (bicyclic) bond motifs is 1. The predicted octanol–water partition coefficient (Wildman–Crippen LogP) is 1.65. The van der Waals surface area contributed by atoms with Gasteiger partial charge >= 0.3 is 12.1 Å². The molecule has 3 heterocycles. The van der Waals surface area contributed by atoms with Gasteiger partial charge in [-0.2, -0.15) is 13.2 Å². The van der Waals surface area contributed by atoms with E-state index in [1.165, 1.54) is 5.69 Å². The fourth-order valence-corrected chi connectivity index (χ4v) is 3.33. The highest BCUT2D eigenvalue weighted by atomic mass is 32.1. The first kappa shape index (κ1) is 20.3. The minimum absolute atomic E-state index is 0.328. The topological polar surface area (TPSA) is 93.4 Å². The third-order valence-electron chi connectivity index (χ3n) is 3.64. The Labute approximate surface area is 151 Å². The number of rotatable bonds is 4. The van der Waals surface area contributed by atoms with Crippen LogP contribution in [0.15, 0.2) is 11.6 Å². The fourth-order valence-electron chi connectivity index (χ4n) is 2.67. The van der Waals surface area contributed by atoms with Crippen LogP contribution in [-0.4, -0.2) is 62.4 Å². The molecule has 26 heavy (non-hydrogen) atoms. The molecule has 3 rings (SSSR count). The standard InChI is InChI=1S/C12H17N5OS.C2HF3O2/c1-16-12-9(8-18-2)5-17(6-10(12)14-15-16)7-11-13-3-4-19-11;3-2(4,5)1(6)7/h3-4,9H,5-8H2,1-2H3;(H,6,7). The van der Waals surface area contributed by atoms with E-state index in [1.807, 2.05) is 23.3 Å². The lowest BCUT2D eigenvalue weighted by atomic mass is 9.99. The predicted molar refractivity (Wildman–Crippen MR) is 85.5 cm³/mol. The molecular formula is C14H18F3N5O3S. The molecule has 0 bridgehead atoms. The van der Waals surface area contributed by atoms with E-state index in [0.717, 1.165) is 30.3 Å². The van der Waals surface area contributed by atoms with E-state index >= 15 is 0 Å². The van der Waals surface area contributed by atoms with Crippen molar-refractivity contribution in [1.82, 2.24) is 24.9 Å². The van der Waals surface area contributed by atoms with Crippen LogP contribution >= 0.6 is 11.3 Å². The molecule has 12 heteroatoms. The molecule has 0 fully saturated rings. The van der Waals surface area contributed by atoms with Gasteiger partial charge in [0.25, 0.3) is 0 Å². The Balaban J connectivity index is 0.000000298. The summed E-state index contributed by atoms with van der Waals surface area (Å²) in [6.07, 6.45) is -3.23. The van der Waals surface area contributed by atoms with Crippen LogP contribution in [0.5, 0.6) is 0 Å². The van der Waals surface area contributed by atoms with Crippen LogP contribution in [0.1, 0.15) is 22.3 Å². The molecule has 1 aliphatic heterocycles. The van der Waals surface area contributed by atoms with Gasteiger partial charge in [-0.25, -0.2) is 9.78 Å². The zero-order valence-corrected chi connectivity index (χ0v) is 14.9. The largest absolute Gasteiger partial charge is 0.490 e. The Morgan fingerprint density at radius 3 is 2.73 bits per heavy atom. The molecular weight excluding hydrogens is 375 g/mol. The van der Waals surface area contributed by atoms with Crippen LogP contribution < -0.4 is 0 Å². The van der Waals surface area contributed by atoms with E-state index in [4.69, 9.17) is 14.6 Å². The maximum atomic E-state index is 10.6. The maximum absolute atomic E-state index is 10.6. The number of carboxylic acid groups (broad SMARTS) is 1. The number of ether oxygens (including phenoxy) is 1. The van der Waals surface area contributed by atoms with Gasteiger partial charge in [0.05, 0.1) is 18.8 Å². The van der Waals surface area contributed by atoms with E-state index in [-0.39, 0.29) is 0 Å². The summed E-state index contributed by atoms with van der Waals surface area (Å²) < 4.78 is 38.9. The van der Waals surface area contributed by atoms with Crippen LogP contribution in [0, 0.1) is 0 Å². The van der Waals surface area contributed by atoms with Crippen molar-refractivity contribution in [2.75, 3.05) is 20.3 Å². The molecule has 8 nitrogen and oxygen atoms in total. The molecule has 1 N–H and O–H groups in total. The summed E-state index contributed by atoms with van der Waals surface area (Å²) in [5, 5.41) is 18.7. The summed E-state index contributed by atoms with van der Waals surface area (Å²) in [5.74, 6) is -2.43. The number of carboxylic acids is 1. The number of thiazole rings is 1. The van der Waals surface area contributed by atoms with E-state index in [2.05, 4.69) is 20.2 Å². The summed E-state index contributed by atoms with van der Waals surface area (Å²) in [6, 6.07) is 0. The number of carbonyl (C=O) groups is 1. The molecule has 144 valence electrons. The van der Waals surface area contributed by atoms with Crippen molar-refractivity contribution >= 4 is 17.3 Å². The monoisotopic (exact) mass is 393 g/mol. The molecule has 1 atom stereocenters. The smallest absolute Gasteiger partial charge is 0.475 e. The average Bonchev–Trinajstić information content (AvgIpc) is 3.18. The number of hydrogen-bond acceptors (Lipinski definition) is 7. The first-order valence-corrected chi connectivity index (χ1v) is 8.38. The zero-order chi connectivity index (χ0) is 19.3. The number of aromatic nitrogens is 4. The molecule has 1 aliphatic rings. The fraction of sp³-hybridized carbons (Fsp3) is 0.571. The van der Waals surface area contributed by atoms with Crippen LogP contribution in [0.3, 0.4) is 0 Å². The Morgan fingerprint density at radius 2 is 2.19 bits per heavy atom. The van der Waals surface area contributed by atoms with Gasteiger partial charge < -0.3 is 9.84 Å². The van der Waals surface area contributed by atoms with Crippen LogP contribution in [0.2, 0.25) is 0 Å². The molecule has 0 aliphatic carbocycles. The molecule has 1 unspecified atom stereocenters. The quantitative estimate of drug-likeness (QED) is 0.844. The Kier molecular flexibility index (Phi) is 6.67.